The molecule has 0 unspecified atom stereocenters. The molecule has 0 amide bonds. The van der Waals surface area contributed by atoms with Crippen molar-refractivity contribution in [2.75, 3.05) is 0 Å². The zero-order valence-electron chi connectivity index (χ0n) is 10.3. The fourth-order valence-corrected chi connectivity index (χ4v) is 1.82. The van der Waals surface area contributed by atoms with Gasteiger partial charge in [-0.2, -0.15) is 5.26 Å². The molecule has 2 aromatic carbocycles. The zero-order valence-corrected chi connectivity index (χ0v) is 10.3. The minimum absolute atomic E-state index is 0.240. The first-order chi connectivity index (χ1) is 9.31. The highest BCUT2D eigenvalue weighted by Crippen LogP contribution is 2.26. The molecule has 0 aliphatic heterocycles. The van der Waals surface area contributed by atoms with E-state index in [-0.39, 0.29) is 6.42 Å². The monoisotopic (exact) mass is 251 g/mol. The maximum Gasteiger partial charge on any atom is 0.321 e. The van der Waals surface area contributed by atoms with Gasteiger partial charge in [0.2, 0.25) is 0 Å². The van der Waals surface area contributed by atoms with Gasteiger partial charge < -0.3 is 4.74 Å². The summed E-state index contributed by atoms with van der Waals surface area (Å²) < 4.78 is 5.40. The topological polar surface area (TPSA) is 50.1 Å². The molecule has 0 aliphatic carbocycles. The average Bonchev–Trinajstić information content (AvgIpc) is 2.47. The Morgan fingerprint density at radius 3 is 1.89 bits per heavy atom. The van der Waals surface area contributed by atoms with Crippen LogP contribution in [0.4, 0.5) is 0 Å². The molecule has 0 aromatic heterocycles. The summed E-state index contributed by atoms with van der Waals surface area (Å²) in [7, 11) is 0. The Kier molecular flexibility index (Phi) is 4.30. The lowest BCUT2D eigenvalue weighted by atomic mass is 10.0. The maximum atomic E-state index is 11.6. The highest BCUT2D eigenvalue weighted by molar-refractivity contribution is 5.72. The molecule has 3 heteroatoms. The molecule has 0 saturated carbocycles. The smallest absolute Gasteiger partial charge is 0.321 e. The summed E-state index contributed by atoms with van der Waals surface area (Å²) in [6, 6.07) is 20.8. The van der Waals surface area contributed by atoms with Gasteiger partial charge in [-0.1, -0.05) is 60.7 Å². The van der Waals surface area contributed by atoms with Gasteiger partial charge in [-0.05, 0) is 11.1 Å². The first-order valence-corrected chi connectivity index (χ1v) is 5.97. The predicted octanol–water partition coefficient (Wildman–Crippen LogP) is 3.23. The van der Waals surface area contributed by atoms with E-state index in [9.17, 15) is 4.79 Å². The largest absolute Gasteiger partial charge is 0.452 e. The van der Waals surface area contributed by atoms with E-state index in [1.807, 2.05) is 60.7 Å². The van der Waals surface area contributed by atoms with Crippen molar-refractivity contribution in [3.63, 3.8) is 0 Å². The van der Waals surface area contributed by atoms with Crippen LogP contribution >= 0.6 is 0 Å². The Balaban J connectivity index is 2.30. The first kappa shape index (κ1) is 12.8. The highest BCUT2D eigenvalue weighted by atomic mass is 16.5. The van der Waals surface area contributed by atoms with Gasteiger partial charge in [-0.15, -0.1) is 0 Å². The number of carbonyl (C=O) groups is 1. The summed E-state index contributed by atoms with van der Waals surface area (Å²) in [5, 5.41) is 8.54. The van der Waals surface area contributed by atoms with E-state index in [2.05, 4.69) is 0 Å². The van der Waals surface area contributed by atoms with Crippen molar-refractivity contribution < 1.29 is 9.53 Å². The third-order valence-corrected chi connectivity index (χ3v) is 2.68. The number of nitrogens with zero attached hydrogens (tertiary/aromatic N) is 1. The van der Waals surface area contributed by atoms with Crippen molar-refractivity contribution in [3.05, 3.63) is 71.8 Å². The fourth-order valence-electron chi connectivity index (χ4n) is 1.82. The van der Waals surface area contributed by atoms with Crippen LogP contribution in [0.5, 0.6) is 0 Å². The molecule has 0 N–H and O–H groups in total. The van der Waals surface area contributed by atoms with E-state index < -0.39 is 12.1 Å². The molecular weight excluding hydrogens is 238 g/mol. The predicted molar refractivity (Wildman–Crippen MR) is 71.0 cm³/mol. The van der Waals surface area contributed by atoms with Crippen molar-refractivity contribution >= 4 is 5.97 Å². The van der Waals surface area contributed by atoms with Crippen molar-refractivity contribution in [1.29, 1.82) is 5.26 Å². The molecule has 0 heterocycles. The summed E-state index contributed by atoms with van der Waals surface area (Å²) in [6.07, 6.45) is -0.709. The van der Waals surface area contributed by atoms with Gasteiger partial charge in [0.1, 0.15) is 6.42 Å². The number of ether oxygens (including phenoxy) is 1. The number of carbonyl (C=O) groups excluding carboxylic acids is 1. The number of hydrogen-bond donors (Lipinski definition) is 0. The second-order valence-corrected chi connectivity index (χ2v) is 4.03. The Hall–Kier alpha value is -2.60. The van der Waals surface area contributed by atoms with Crippen LogP contribution in [0.3, 0.4) is 0 Å². The number of esters is 1. The minimum Gasteiger partial charge on any atom is -0.452 e. The van der Waals surface area contributed by atoms with E-state index in [1.54, 1.807) is 6.07 Å². The number of nitriles is 1. The molecule has 2 aromatic rings. The lowest BCUT2D eigenvalue weighted by molar-refractivity contribution is -0.146. The Bertz CT molecular complexity index is 533. The van der Waals surface area contributed by atoms with Crippen molar-refractivity contribution in [2.24, 2.45) is 0 Å². The summed E-state index contributed by atoms with van der Waals surface area (Å²) in [5.74, 6) is -0.514. The van der Waals surface area contributed by atoms with Gasteiger partial charge in [0.05, 0.1) is 6.07 Å². The fraction of sp³-hybridized carbons (Fsp3) is 0.125. The molecule has 0 radical (unpaired) electrons. The van der Waals surface area contributed by atoms with Crippen LogP contribution in [0.1, 0.15) is 23.7 Å². The summed E-state index contributed by atoms with van der Waals surface area (Å²) in [6.45, 7) is 0. The molecule has 2 rings (SSSR count). The quantitative estimate of drug-likeness (QED) is 0.784. The van der Waals surface area contributed by atoms with Gasteiger partial charge >= 0.3 is 5.97 Å². The van der Waals surface area contributed by atoms with E-state index in [4.69, 9.17) is 10.00 Å². The third-order valence-electron chi connectivity index (χ3n) is 2.68. The molecule has 0 saturated heterocycles. The summed E-state index contributed by atoms with van der Waals surface area (Å²) in [5.41, 5.74) is 1.78. The normalized spacial score (nSPS) is 9.89. The molecule has 0 atom stereocenters. The van der Waals surface area contributed by atoms with E-state index in [0.717, 1.165) is 11.1 Å². The second kappa shape index (κ2) is 6.36. The first-order valence-electron chi connectivity index (χ1n) is 5.97. The molecule has 19 heavy (non-hydrogen) atoms. The molecule has 94 valence electrons. The molecule has 3 nitrogen and oxygen atoms in total. The standard InChI is InChI=1S/C16H13NO2/c17-12-11-15(18)19-16(13-7-3-1-4-8-13)14-9-5-2-6-10-14/h1-10,16H,11H2. The Morgan fingerprint density at radius 2 is 1.47 bits per heavy atom. The number of rotatable bonds is 4. The number of hydrogen-bond acceptors (Lipinski definition) is 3. The molecule has 0 bridgehead atoms. The van der Waals surface area contributed by atoms with Gasteiger partial charge in [0.15, 0.2) is 6.10 Å². The average molecular weight is 251 g/mol. The van der Waals surface area contributed by atoms with Crippen LogP contribution in [-0.2, 0) is 9.53 Å². The Labute approximate surface area is 112 Å². The van der Waals surface area contributed by atoms with Crippen LogP contribution in [0.25, 0.3) is 0 Å². The molecule has 0 fully saturated rings. The van der Waals surface area contributed by atoms with Gasteiger partial charge in [-0.25, -0.2) is 0 Å². The van der Waals surface area contributed by atoms with Crippen molar-refractivity contribution in [3.8, 4) is 6.07 Å². The molecule has 0 aliphatic rings. The minimum atomic E-state index is -0.514. The second-order valence-electron chi connectivity index (χ2n) is 4.03. The third kappa shape index (κ3) is 3.43. The molecular formula is C16H13NO2. The Morgan fingerprint density at radius 1 is 1.00 bits per heavy atom. The van der Waals surface area contributed by atoms with Gasteiger partial charge in [-0.3, -0.25) is 4.79 Å². The summed E-state index contributed by atoms with van der Waals surface area (Å²) >= 11 is 0. The molecule has 0 spiro atoms. The van der Waals surface area contributed by atoms with Crippen LogP contribution in [0.15, 0.2) is 60.7 Å². The highest BCUT2D eigenvalue weighted by Gasteiger charge is 2.18. The van der Waals surface area contributed by atoms with E-state index in [0.29, 0.717) is 0 Å². The lowest BCUT2D eigenvalue weighted by Gasteiger charge is -2.18. The van der Waals surface area contributed by atoms with Crippen LogP contribution < -0.4 is 0 Å². The summed E-state index contributed by atoms with van der Waals surface area (Å²) in [4.78, 5) is 11.6. The zero-order chi connectivity index (χ0) is 13.5. The van der Waals surface area contributed by atoms with Gasteiger partial charge in [0, 0.05) is 0 Å². The van der Waals surface area contributed by atoms with E-state index in [1.165, 1.54) is 0 Å². The van der Waals surface area contributed by atoms with Crippen LogP contribution in [0, 0.1) is 11.3 Å². The maximum absolute atomic E-state index is 11.6. The van der Waals surface area contributed by atoms with Crippen LogP contribution in [-0.4, -0.2) is 5.97 Å². The van der Waals surface area contributed by atoms with Crippen molar-refractivity contribution in [1.82, 2.24) is 0 Å². The SMILES string of the molecule is N#CCC(=O)OC(c1ccccc1)c1ccccc1. The number of benzene rings is 2. The van der Waals surface area contributed by atoms with Crippen molar-refractivity contribution in [2.45, 2.75) is 12.5 Å². The van der Waals surface area contributed by atoms with Gasteiger partial charge in [0.25, 0.3) is 0 Å². The van der Waals surface area contributed by atoms with E-state index >= 15 is 0 Å². The van der Waals surface area contributed by atoms with Crippen LogP contribution in [0.2, 0.25) is 0 Å². The lowest BCUT2D eigenvalue weighted by Crippen LogP contribution is -2.12.